The van der Waals surface area contributed by atoms with Gasteiger partial charge in [-0.05, 0) is 38.0 Å². The van der Waals surface area contributed by atoms with Crippen LogP contribution in [-0.2, 0) is 5.60 Å². The van der Waals surface area contributed by atoms with Crippen LogP contribution in [0.25, 0.3) is 0 Å². The van der Waals surface area contributed by atoms with E-state index in [0.29, 0.717) is 5.56 Å². The highest BCUT2D eigenvalue weighted by Crippen LogP contribution is 2.28. The first-order valence-electron chi connectivity index (χ1n) is 4.44. The van der Waals surface area contributed by atoms with E-state index in [4.69, 9.17) is 0 Å². The van der Waals surface area contributed by atoms with Crippen LogP contribution in [-0.4, -0.2) is 5.11 Å². The normalized spacial score (nSPS) is 12.2. The summed E-state index contributed by atoms with van der Waals surface area (Å²) in [6.45, 7) is 4.97. The Morgan fingerprint density at radius 2 is 1.86 bits per heavy atom. The Hall–Kier alpha value is -0.960. The Morgan fingerprint density at radius 3 is 2.29 bits per heavy atom. The van der Waals surface area contributed by atoms with Crippen molar-refractivity contribution in [1.29, 1.82) is 0 Å². The summed E-state index contributed by atoms with van der Waals surface area (Å²) in [5.41, 5.74) is 0.250. The van der Waals surface area contributed by atoms with Crippen molar-refractivity contribution >= 4 is 0 Å². The topological polar surface area (TPSA) is 20.2 Å². The summed E-state index contributed by atoms with van der Waals surface area (Å²) in [6, 6.07) is 4.35. The molecule has 0 saturated carbocycles. The standard InChI is InChI=1S/C11H14F2O/c1-7-4-5-8(10(12)13)6-9(7)11(2,3)14/h4-6,10,14H,1-3H3. The molecule has 1 nitrogen and oxygen atoms in total. The maximum absolute atomic E-state index is 12.4. The van der Waals surface area contributed by atoms with Gasteiger partial charge in [-0.1, -0.05) is 12.1 Å². The molecule has 0 radical (unpaired) electrons. The van der Waals surface area contributed by atoms with E-state index in [2.05, 4.69) is 0 Å². The van der Waals surface area contributed by atoms with Crippen LogP contribution < -0.4 is 0 Å². The molecule has 0 heterocycles. The minimum Gasteiger partial charge on any atom is -0.386 e. The maximum Gasteiger partial charge on any atom is 0.263 e. The number of halogens is 2. The van der Waals surface area contributed by atoms with E-state index in [1.807, 2.05) is 0 Å². The van der Waals surface area contributed by atoms with Gasteiger partial charge in [0.25, 0.3) is 6.43 Å². The number of benzene rings is 1. The predicted molar refractivity (Wildman–Crippen MR) is 51.4 cm³/mol. The molecule has 78 valence electrons. The molecule has 0 saturated heterocycles. The van der Waals surface area contributed by atoms with Crippen LogP contribution in [0, 0.1) is 6.92 Å². The largest absolute Gasteiger partial charge is 0.386 e. The molecule has 0 fully saturated rings. The zero-order valence-corrected chi connectivity index (χ0v) is 8.51. The van der Waals surface area contributed by atoms with Gasteiger partial charge in [0.15, 0.2) is 0 Å². The molecule has 14 heavy (non-hydrogen) atoms. The van der Waals surface area contributed by atoms with Gasteiger partial charge >= 0.3 is 0 Å². The Kier molecular flexibility index (Phi) is 2.90. The second-order valence-corrected chi connectivity index (χ2v) is 3.93. The molecular formula is C11H14F2O. The van der Waals surface area contributed by atoms with Crippen molar-refractivity contribution in [2.75, 3.05) is 0 Å². The second-order valence-electron chi connectivity index (χ2n) is 3.93. The molecule has 1 rings (SSSR count). The van der Waals surface area contributed by atoms with Crippen LogP contribution >= 0.6 is 0 Å². The van der Waals surface area contributed by atoms with Crippen LogP contribution in [0.4, 0.5) is 8.78 Å². The zero-order valence-electron chi connectivity index (χ0n) is 8.51. The fraction of sp³-hybridized carbons (Fsp3) is 0.455. The van der Waals surface area contributed by atoms with E-state index in [0.717, 1.165) is 5.56 Å². The minimum atomic E-state index is -2.49. The Balaban J connectivity index is 3.22. The molecule has 0 spiro atoms. The quantitative estimate of drug-likeness (QED) is 0.777. The van der Waals surface area contributed by atoms with Crippen molar-refractivity contribution in [3.8, 4) is 0 Å². The van der Waals surface area contributed by atoms with Crippen molar-refractivity contribution in [3.63, 3.8) is 0 Å². The van der Waals surface area contributed by atoms with Gasteiger partial charge in [0, 0.05) is 5.56 Å². The number of hydrogen-bond acceptors (Lipinski definition) is 1. The monoisotopic (exact) mass is 200 g/mol. The summed E-state index contributed by atoms with van der Waals surface area (Å²) < 4.78 is 24.8. The van der Waals surface area contributed by atoms with Crippen LogP contribution in [0.15, 0.2) is 18.2 Å². The summed E-state index contributed by atoms with van der Waals surface area (Å²) in [4.78, 5) is 0. The molecule has 0 aliphatic rings. The molecule has 1 aromatic rings. The first-order valence-corrected chi connectivity index (χ1v) is 4.44. The molecule has 0 amide bonds. The van der Waals surface area contributed by atoms with Gasteiger partial charge in [-0.15, -0.1) is 0 Å². The highest BCUT2D eigenvalue weighted by Gasteiger charge is 2.20. The molecular weight excluding hydrogens is 186 g/mol. The molecule has 0 unspecified atom stereocenters. The SMILES string of the molecule is Cc1ccc(C(F)F)cc1C(C)(C)O. The van der Waals surface area contributed by atoms with Crippen LogP contribution in [0.5, 0.6) is 0 Å². The van der Waals surface area contributed by atoms with Gasteiger partial charge in [-0.25, -0.2) is 8.78 Å². The molecule has 1 aromatic carbocycles. The van der Waals surface area contributed by atoms with E-state index in [1.54, 1.807) is 26.8 Å². The van der Waals surface area contributed by atoms with Gasteiger partial charge < -0.3 is 5.11 Å². The molecule has 1 N–H and O–H groups in total. The molecule has 3 heteroatoms. The lowest BCUT2D eigenvalue weighted by Gasteiger charge is -2.21. The zero-order chi connectivity index (χ0) is 10.9. The van der Waals surface area contributed by atoms with Crippen molar-refractivity contribution in [2.24, 2.45) is 0 Å². The molecule has 0 aliphatic carbocycles. The number of aryl methyl sites for hydroxylation is 1. The van der Waals surface area contributed by atoms with Gasteiger partial charge in [0.05, 0.1) is 5.60 Å². The van der Waals surface area contributed by atoms with Crippen molar-refractivity contribution in [3.05, 3.63) is 34.9 Å². The van der Waals surface area contributed by atoms with Gasteiger partial charge in [0.1, 0.15) is 0 Å². The molecule has 0 aromatic heterocycles. The van der Waals surface area contributed by atoms with Gasteiger partial charge in [-0.3, -0.25) is 0 Å². The van der Waals surface area contributed by atoms with E-state index in [1.165, 1.54) is 12.1 Å². The fourth-order valence-corrected chi connectivity index (χ4v) is 1.43. The number of alkyl halides is 2. The van der Waals surface area contributed by atoms with E-state index >= 15 is 0 Å². The van der Waals surface area contributed by atoms with Crippen LogP contribution in [0.1, 0.15) is 37.0 Å². The predicted octanol–water partition coefficient (Wildman–Crippen LogP) is 3.16. The lowest BCUT2D eigenvalue weighted by atomic mass is 9.92. The smallest absolute Gasteiger partial charge is 0.263 e. The summed E-state index contributed by atoms with van der Waals surface area (Å²) in [6.07, 6.45) is -2.49. The second kappa shape index (κ2) is 3.65. The lowest BCUT2D eigenvalue weighted by Crippen LogP contribution is -2.17. The average molecular weight is 200 g/mol. The van der Waals surface area contributed by atoms with Crippen LogP contribution in [0.2, 0.25) is 0 Å². The summed E-state index contributed by atoms with van der Waals surface area (Å²) in [7, 11) is 0. The van der Waals surface area contributed by atoms with E-state index < -0.39 is 12.0 Å². The van der Waals surface area contributed by atoms with E-state index in [9.17, 15) is 13.9 Å². The molecule has 0 aliphatic heterocycles. The maximum atomic E-state index is 12.4. The van der Waals surface area contributed by atoms with Crippen molar-refractivity contribution in [1.82, 2.24) is 0 Å². The average Bonchev–Trinajstić information content (AvgIpc) is 2.02. The Labute approximate surface area is 82.4 Å². The summed E-state index contributed by atoms with van der Waals surface area (Å²) in [5, 5.41) is 9.73. The highest BCUT2D eigenvalue weighted by molar-refractivity contribution is 5.35. The molecule has 0 bridgehead atoms. The Morgan fingerprint density at radius 1 is 1.29 bits per heavy atom. The summed E-state index contributed by atoms with van der Waals surface area (Å²) in [5.74, 6) is 0. The number of aliphatic hydroxyl groups is 1. The summed E-state index contributed by atoms with van der Waals surface area (Å²) >= 11 is 0. The van der Waals surface area contributed by atoms with Crippen molar-refractivity contribution in [2.45, 2.75) is 32.8 Å². The van der Waals surface area contributed by atoms with E-state index in [-0.39, 0.29) is 5.56 Å². The first kappa shape index (κ1) is 11.1. The highest BCUT2D eigenvalue weighted by atomic mass is 19.3. The lowest BCUT2D eigenvalue weighted by molar-refractivity contribution is 0.0773. The third kappa shape index (κ3) is 2.29. The van der Waals surface area contributed by atoms with Crippen molar-refractivity contribution < 1.29 is 13.9 Å². The Bertz CT molecular complexity index is 327. The van der Waals surface area contributed by atoms with Crippen LogP contribution in [0.3, 0.4) is 0 Å². The van der Waals surface area contributed by atoms with Gasteiger partial charge in [0.2, 0.25) is 0 Å². The first-order chi connectivity index (χ1) is 6.32. The molecule has 0 atom stereocenters. The third-order valence-corrected chi connectivity index (χ3v) is 2.17. The number of rotatable bonds is 2. The minimum absolute atomic E-state index is 0.0484. The fourth-order valence-electron chi connectivity index (χ4n) is 1.43. The van der Waals surface area contributed by atoms with Gasteiger partial charge in [-0.2, -0.15) is 0 Å². The number of hydrogen-bond donors (Lipinski definition) is 1. The third-order valence-electron chi connectivity index (χ3n) is 2.17.